The summed E-state index contributed by atoms with van der Waals surface area (Å²) in [5.74, 6) is 0. The van der Waals surface area contributed by atoms with Gasteiger partial charge in [0.05, 0.1) is 11.4 Å². The van der Waals surface area contributed by atoms with Crippen LogP contribution >= 0.6 is 15.9 Å². The molecule has 0 amide bonds. The zero-order valence-electron chi connectivity index (χ0n) is 9.37. The van der Waals surface area contributed by atoms with E-state index >= 15 is 0 Å². The van der Waals surface area contributed by atoms with Crippen LogP contribution in [-0.4, -0.2) is 14.6 Å². The van der Waals surface area contributed by atoms with Gasteiger partial charge < -0.3 is 0 Å². The van der Waals surface area contributed by atoms with Crippen molar-refractivity contribution in [3.05, 3.63) is 28.1 Å². The molecular formula is C11H14BrN3. The van der Waals surface area contributed by atoms with Gasteiger partial charge in [0, 0.05) is 5.41 Å². The monoisotopic (exact) mass is 267 g/mol. The van der Waals surface area contributed by atoms with Gasteiger partial charge in [0.2, 0.25) is 0 Å². The van der Waals surface area contributed by atoms with Gasteiger partial charge in [0.15, 0.2) is 5.65 Å². The number of aryl methyl sites for hydroxylation is 1. The summed E-state index contributed by atoms with van der Waals surface area (Å²) < 4.78 is 2.80. The molecule has 2 rings (SSSR count). The maximum absolute atomic E-state index is 4.58. The Balaban J connectivity index is 2.76. The van der Waals surface area contributed by atoms with Crippen molar-refractivity contribution in [2.24, 2.45) is 0 Å². The van der Waals surface area contributed by atoms with Crippen LogP contribution in [0.1, 0.15) is 32.2 Å². The number of halogens is 1. The van der Waals surface area contributed by atoms with Gasteiger partial charge in [-0.1, -0.05) is 20.8 Å². The average Bonchev–Trinajstić information content (AvgIpc) is 2.43. The zero-order chi connectivity index (χ0) is 11.2. The summed E-state index contributed by atoms with van der Waals surface area (Å²) in [7, 11) is 0. The fourth-order valence-electron chi connectivity index (χ4n) is 1.48. The van der Waals surface area contributed by atoms with Crippen molar-refractivity contribution in [3.63, 3.8) is 0 Å². The van der Waals surface area contributed by atoms with Gasteiger partial charge in [-0.05, 0) is 35.0 Å². The molecule has 80 valence electrons. The Morgan fingerprint density at radius 3 is 2.53 bits per heavy atom. The fraction of sp³-hybridized carbons (Fsp3) is 0.455. The van der Waals surface area contributed by atoms with Gasteiger partial charge in [-0.2, -0.15) is 5.10 Å². The molecule has 2 aromatic heterocycles. The van der Waals surface area contributed by atoms with Crippen LogP contribution in [0.5, 0.6) is 0 Å². The van der Waals surface area contributed by atoms with E-state index in [9.17, 15) is 0 Å². The quantitative estimate of drug-likeness (QED) is 0.735. The van der Waals surface area contributed by atoms with Crippen LogP contribution in [0.2, 0.25) is 0 Å². The summed E-state index contributed by atoms with van der Waals surface area (Å²) in [5.41, 5.74) is 2.94. The van der Waals surface area contributed by atoms with Crippen molar-refractivity contribution in [1.82, 2.24) is 14.6 Å². The molecule has 0 bridgehead atoms. The van der Waals surface area contributed by atoms with Gasteiger partial charge in [-0.3, -0.25) is 0 Å². The van der Waals surface area contributed by atoms with Gasteiger partial charge in [-0.15, -0.1) is 0 Å². The molecule has 15 heavy (non-hydrogen) atoms. The van der Waals surface area contributed by atoms with Crippen molar-refractivity contribution < 1.29 is 0 Å². The molecular weight excluding hydrogens is 254 g/mol. The van der Waals surface area contributed by atoms with Gasteiger partial charge in [-0.25, -0.2) is 9.50 Å². The minimum absolute atomic E-state index is 0.0282. The molecule has 2 aromatic rings. The topological polar surface area (TPSA) is 30.2 Å². The smallest absolute Gasteiger partial charge is 0.155 e. The van der Waals surface area contributed by atoms with E-state index in [2.05, 4.69) is 46.8 Å². The molecule has 2 heterocycles. The summed E-state index contributed by atoms with van der Waals surface area (Å²) in [5, 5.41) is 4.42. The van der Waals surface area contributed by atoms with E-state index in [1.807, 2.05) is 23.6 Å². The van der Waals surface area contributed by atoms with E-state index in [4.69, 9.17) is 0 Å². The minimum atomic E-state index is 0.0282. The van der Waals surface area contributed by atoms with E-state index < -0.39 is 0 Å². The highest BCUT2D eigenvalue weighted by atomic mass is 79.9. The van der Waals surface area contributed by atoms with E-state index in [0.717, 1.165) is 21.6 Å². The van der Waals surface area contributed by atoms with Crippen molar-refractivity contribution in [2.75, 3.05) is 0 Å². The van der Waals surface area contributed by atoms with Crippen LogP contribution in [0.25, 0.3) is 5.65 Å². The lowest BCUT2D eigenvalue weighted by atomic mass is 9.93. The molecule has 0 fully saturated rings. The van der Waals surface area contributed by atoms with Crippen LogP contribution in [0.15, 0.2) is 16.7 Å². The van der Waals surface area contributed by atoms with Gasteiger partial charge in [0.1, 0.15) is 4.60 Å². The van der Waals surface area contributed by atoms with E-state index in [1.54, 1.807) is 0 Å². The Kier molecular flexibility index (Phi) is 2.34. The second-order valence-electron chi connectivity index (χ2n) is 4.75. The second kappa shape index (κ2) is 3.30. The second-order valence-corrected chi connectivity index (χ2v) is 5.50. The van der Waals surface area contributed by atoms with E-state index in [-0.39, 0.29) is 5.41 Å². The predicted octanol–water partition coefficient (Wildman–Crippen LogP) is 3.10. The Morgan fingerprint density at radius 2 is 1.93 bits per heavy atom. The molecule has 0 aliphatic carbocycles. The summed E-state index contributed by atoms with van der Waals surface area (Å²) in [6, 6.07) is 3.96. The highest BCUT2D eigenvalue weighted by Gasteiger charge is 2.22. The first-order chi connectivity index (χ1) is 6.89. The number of nitrogens with zero attached hydrogens (tertiary/aromatic N) is 3. The number of hydrogen-bond acceptors (Lipinski definition) is 2. The van der Waals surface area contributed by atoms with Crippen LogP contribution in [0.3, 0.4) is 0 Å². The standard InChI is InChI=1S/C11H14BrN3/c1-7-5-6-8-13-9(11(2,3)4)10(12)15(8)14-7/h5-6H,1-4H3. The van der Waals surface area contributed by atoms with Crippen LogP contribution in [0, 0.1) is 6.92 Å². The normalized spacial score (nSPS) is 12.3. The van der Waals surface area contributed by atoms with Crippen molar-refractivity contribution in [3.8, 4) is 0 Å². The van der Waals surface area contributed by atoms with Gasteiger partial charge >= 0.3 is 0 Å². The Labute approximate surface area is 97.6 Å². The molecule has 0 N–H and O–H groups in total. The highest BCUT2D eigenvalue weighted by Crippen LogP contribution is 2.29. The maximum atomic E-state index is 4.58. The molecule has 0 saturated heterocycles. The van der Waals surface area contributed by atoms with Crippen LogP contribution < -0.4 is 0 Å². The van der Waals surface area contributed by atoms with Crippen molar-refractivity contribution >= 4 is 21.6 Å². The molecule has 4 heteroatoms. The molecule has 0 saturated carbocycles. The molecule has 0 radical (unpaired) electrons. The molecule has 0 aliphatic heterocycles. The maximum Gasteiger partial charge on any atom is 0.155 e. The van der Waals surface area contributed by atoms with Gasteiger partial charge in [0.25, 0.3) is 0 Å². The van der Waals surface area contributed by atoms with Crippen molar-refractivity contribution in [2.45, 2.75) is 33.1 Å². The predicted molar refractivity (Wildman–Crippen MR) is 64.1 cm³/mol. The Morgan fingerprint density at radius 1 is 1.27 bits per heavy atom. The molecule has 0 spiro atoms. The summed E-state index contributed by atoms with van der Waals surface area (Å²) >= 11 is 3.56. The molecule has 0 atom stereocenters. The first kappa shape index (κ1) is 10.6. The zero-order valence-corrected chi connectivity index (χ0v) is 11.0. The summed E-state index contributed by atoms with van der Waals surface area (Å²) in [6.45, 7) is 8.41. The summed E-state index contributed by atoms with van der Waals surface area (Å²) in [4.78, 5) is 4.58. The SMILES string of the molecule is Cc1ccc2nc(C(C)(C)C)c(Br)n2n1. The molecule has 0 aliphatic rings. The van der Waals surface area contributed by atoms with E-state index in [0.29, 0.717) is 0 Å². The minimum Gasteiger partial charge on any atom is -0.230 e. The summed E-state index contributed by atoms with van der Waals surface area (Å²) in [6.07, 6.45) is 0. The molecule has 0 aromatic carbocycles. The number of hydrogen-bond donors (Lipinski definition) is 0. The van der Waals surface area contributed by atoms with Crippen LogP contribution in [-0.2, 0) is 5.41 Å². The lowest BCUT2D eigenvalue weighted by Crippen LogP contribution is -2.12. The lowest BCUT2D eigenvalue weighted by Gasteiger charge is -2.15. The molecule has 3 nitrogen and oxygen atoms in total. The highest BCUT2D eigenvalue weighted by molar-refractivity contribution is 9.10. The van der Waals surface area contributed by atoms with E-state index in [1.165, 1.54) is 0 Å². The van der Waals surface area contributed by atoms with Crippen molar-refractivity contribution in [1.29, 1.82) is 0 Å². The largest absolute Gasteiger partial charge is 0.230 e. The third-order valence-electron chi connectivity index (χ3n) is 2.27. The van der Waals surface area contributed by atoms with Crippen LogP contribution in [0.4, 0.5) is 0 Å². The number of imidazole rings is 1. The number of rotatable bonds is 0. The fourth-order valence-corrected chi connectivity index (χ4v) is 2.42. The lowest BCUT2D eigenvalue weighted by molar-refractivity contribution is 0.568. The number of aromatic nitrogens is 3. The average molecular weight is 268 g/mol. The third-order valence-corrected chi connectivity index (χ3v) is 2.98. The Bertz CT molecular complexity index is 508. The Hall–Kier alpha value is -0.900. The molecule has 0 unspecified atom stereocenters. The first-order valence-corrected chi connectivity index (χ1v) is 5.71. The number of fused-ring (bicyclic) bond motifs is 1. The first-order valence-electron chi connectivity index (χ1n) is 4.92. The third kappa shape index (κ3) is 1.78.